The van der Waals surface area contributed by atoms with Crippen LogP contribution in [0.2, 0.25) is 0 Å². The number of allylic oxidation sites excluding steroid dienone is 8. The van der Waals surface area contributed by atoms with Crippen molar-refractivity contribution in [2.24, 2.45) is 5.41 Å². The minimum absolute atomic E-state index is 0.0161. The predicted octanol–water partition coefficient (Wildman–Crippen LogP) is 5.95. The predicted molar refractivity (Wildman–Crippen MR) is 98.7 cm³/mol. The molecule has 0 radical (unpaired) electrons. The molecule has 0 saturated carbocycles. The largest absolute Gasteiger partial charge is 0.0885 e. The summed E-state index contributed by atoms with van der Waals surface area (Å²) < 4.78 is 0. The molecule has 0 aromatic heterocycles. The van der Waals surface area contributed by atoms with Gasteiger partial charge in [-0.05, 0) is 37.8 Å². The summed E-state index contributed by atoms with van der Waals surface area (Å²) >= 11 is 13.1. The van der Waals surface area contributed by atoms with E-state index in [1.807, 2.05) is 0 Å². The van der Waals surface area contributed by atoms with Crippen molar-refractivity contribution in [3.8, 4) is 0 Å². The maximum Gasteiger partial charge on any atom is 0.0882 e. The van der Waals surface area contributed by atoms with Crippen molar-refractivity contribution < 1.29 is 0 Å². The average Bonchev–Trinajstić information content (AvgIpc) is 2.78. The van der Waals surface area contributed by atoms with Gasteiger partial charge in [-0.2, -0.15) is 0 Å². The normalized spacial score (nSPS) is 22.9. The molecule has 0 amide bonds. The molecule has 2 aliphatic carbocycles. The van der Waals surface area contributed by atoms with E-state index < -0.39 is 9.52 Å². The summed E-state index contributed by atoms with van der Waals surface area (Å²) in [6.07, 6.45) is 3.04. The molecule has 3 heteroatoms. The Morgan fingerprint density at radius 3 is 2.10 bits per heavy atom. The standard InChI is InChI=1S/C18H26Cl2Si/c1-7-12-14(19)9-10(3)15(12)21-16-11(4)18(5,6)17(20)13(16)8-2/h7-9,21H2,1-6H3. The van der Waals surface area contributed by atoms with Crippen molar-refractivity contribution in [3.63, 3.8) is 0 Å². The molecule has 0 atom stereocenters. The monoisotopic (exact) mass is 340 g/mol. The van der Waals surface area contributed by atoms with E-state index in [1.165, 1.54) is 22.3 Å². The van der Waals surface area contributed by atoms with Gasteiger partial charge in [-0.3, -0.25) is 0 Å². The van der Waals surface area contributed by atoms with Gasteiger partial charge in [0.15, 0.2) is 0 Å². The van der Waals surface area contributed by atoms with Gasteiger partial charge in [0, 0.05) is 21.9 Å². The maximum atomic E-state index is 6.69. The third-order valence-corrected chi connectivity index (χ3v) is 9.01. The molecule has 0 aromatic carbocycles. The number of hydrogen-bond donors (Lipinski definition) is 0. The lowest BCUT2D eigenvalue weighted by Crippen LogP contribution is -2.11. The molecular formula is C18H26Cl2Si. The number of hydrogen-bond acceptors (Lipinski definition) is 0. The van der Waals surface area contributed by atoms with Crippen LogP contribution in [0.5, 0.6) is 0 Å². The Bertz CT molecular complexity index is 601. The fourth-order valence-electron chi connectivity index (χ4n) is 3.59. The molecule has 0 N–H and O–H groups in total. The molecular weight excluding hydrogens is 315 g/mol. The molecule has 0 fully saturated rings. The quantitative estimate of drug-likeness (QED) is 0.554. The molecule has 0 heterocycles. The second-order valence-corrected chi connectivity index (χ2v) is 9.33. The van der Waals surface area contributed by atoms with Crippen LogP contribution in [0.1, 0.15) is 60.8 Å². The molecule has 116 valence electrons. The van der Waals surface area contributed by atoms with Crippen LogP contribution >= 0.6 is 23.2 Å². The van der Waals surface area contributed by atoms with Crippen molar-refractivity contribution >= 4 is 32.7 Å². The van der Waals surface area contributed by atoms with Crippen LogP contribution in [-0.4, -0.2) is 9.52 Å². The Morgan fingerprint density at radius 1 is 1.00 bits per heavy atom. The van der Waals surface area contributed by atoms with Crippen LogP contribution in [0, 0.1) is 5.41 Å². The third kappa shape index (κ3) is 2.73. The summed E-state index contributed by atoms with van der Waals surface area (Å²) in [7, 11) is -0.505. The van der Waals surface area contributed by atoms with E-state index in [4.69, 9.17) is 23.2 Å². The van der Waals surface area contributed by atoms with Gasteiger partial charge in [-0.15, -0.1) is 0 Å². The van der Waals surface area contributed by atoms with Crippen molar-refractivity contribution in [1.82, 2.24) is 0 Å². The lowest BCUT2D eigenvalue weighted by Gasteiger charge is -2.21. The summed E-state index contributed by atoms with van der Waals surface area (Å²) in [5.74, 6) is 0. The van der Waals surface area contributed by atoms with Crippen LogP contribution in [0.4, 0.5) is 0 Å². The highest BCUT2D eigenvalue weighted by atomic mass is 35.5. The molecule has 0 bridgehead atoms. The van der Waals surface area contributed by atoms with Crippen LogP contribution in [0.15, 0.2) is 42.7 Å². The summed E-state index contributed by atoms with van der Waals surface area (Å²) in [6, 6.07) is 0. The molecule has 2 aliphatic rings. The highest BCUT2D eigenvalue weighted by Gasteiger charge is 2.36. The fraction of sp³-hybridized carbons (Fsp3) is 0.556. The Labute approximate surface area is 141 Å². The topological polar surface area (TPSA) is 0 Å². The third-order valence-electron chi connectivity index (χ3n) is 5.26. The Balaban J connectivity index is 2.45. The molecule has 0 nitrogen and oxygen atoms in total. The SMILES string of the molecule is CCC1=C(Cl)CC(C)=C1[SiH2]C1=C(C)C(C)(C)C(Cl)=C1CC. The minimum atomic E-state index is -0.505. The van der Waals surface area contributed by atoms with Gasteiger partial charge in [0.05, 0.1) is 9.52 Å². The molecule has 21 heavy (non-hydrogen) atoms. The van der Waals surface area contributed by atoms with E-state index in [1.54, 1.807) is 10.4 Å². The molecule has 0 aromatic rings. The Kier molecular flexibility index (Phi) is 4.97. The molecule has 2 rings (SSSR count). The van der Waals surface area contributed by atoms with Crippen LogP contribution in [0.3, 0.4) is 0 Å². The average molecular weight is 341 g/mol. The smallest absolute Gasteiger partial charge is 0.0882 e. The van der Waals surface area contributed by atoms with Crippen molar-refractivity contribution in [3.05, 3.63) is 42.7 Å². The zero-order valence-electron chi connectivity index (χ0n) is 14.1. The number of halogens is 2. The molecule has 0 spiro atoms. The zero-order valence-corrected chi connectivity index (χ0v) is 17.0. The molecule has 0 unspecified atom stereocenters. The maximum absolute atomic E-state index is 6.69. The van der Waals surface area contributed by atoms with Gasteiger partial charge in [0.1, 0.15) is 0 Å². The highest BCUT2D eigenvalue weighted by Crippen LogP contribution is 2.50. The number of rotatable bonds is 4. The lowest BCUT2D eigenvalue weighted by atomic mass is 9.88. The Hall–Kier alpha value is -0.243. The van der Waals surface area contributed by atoms with E-state index in [0.29, 0.717) is 0 Å². The van der Waals surface area contributed by atoms with E-state index in [-0.39, 0.29) is 5.41 Å². The fourth-order valence-corrected chi connectivity index (χ4v) is 7.46. The van der Waals surface area contributed by atoms with Gasteiger partial charge < -0.3 is 0 Å². The second kappa shape index (κ2) is 6.10. The summed E-state index contributed by atoms with van der Waals surface area (Å²) in [5, 5.41) is 5.31. The lowest BCUT2D eigenvalue weighted by molar-refractivity contribution is 0.575. The van der Waals surface area contributed by atoms with Crippen LogP contribution in [-0.2, 0) is 0 Å². The van der Waals surface area contributed by atoms with E-state index in [2.05, 4.69) is 41.5 Å². The van der Waals surface area contributed by atoms with Crippen molar-refractivity contribution in [2.45, 2.75) is 60.8 Å². The van der Waals surface area contributed by atoms with E-state index in [0.717, 1.165) is 29.3 Å². The first kappa shape index (κ1) is 17.1. The van der Waals surface area contributed by atoms with Gasteiger partial charge in [-0.25, -0.2) is 0 Å². The second-order valence-electron chi connectivity index (χ2n) is 6.72. The van der Waals surface area contributed by atoms with Gasteiger partial charge in [0.2, 0.25) is 0 Å². The minimum Gasteiger partial charge on any atom is -0.0885 e. The summed E-state index contributed by atoms with van der Waals surface area (Å²) in [5.41, 5.74) is 5.80. The summed E-state index contributed by atoms with van der Waals surface area (Å²) in [4.78, 5) is 0. The van der Waals surface area contributed by atoms with E-state index >= 15 is 0 Å². The summed E-state index contributed by atoms with van der Waals surface area (Å²) in [6.45, 7) is 13.5. The van der Waals surface area contributed by atoms with Gasteiger partial charge in [0.25, 0.3) is 0 Å². The highest BCUT2D eigenvalue weighted by molar-refractivity contribution is 6.58. The Morgan fingerprint density at radius 2 is 1.57 bits per heavy atom. The van der Waals surface area contributed by atoms with E-state index in [9.17, 15) is 0 Å². The zero-order chi connectivity index (χ0) is 15.9. The van der Waals surface area contributed by atoms with Crippen LogP contribution in [0.25, 0.3) is 0 Å². The van der Waals surface area contributed by atoms with Crippen molar-refractivity contribution in [1.29, 1.82) is 0 Å². The molecule has 0 saturated heterocycles. The first-order chi connectivity index (χ1) is 9.75. The van der Waals surface area contributed by atoms with Crippen LogP contribution < -0.4 is 0 Å². The molecule has 0 aliphatic heterocycles. The van der Waals surface area contributed by atoms with Crippen molar-refractivity contribution in [2.75, 3.05) is 0 Å². The first-order valence-electron chi connectivity index (χ1n) is 7.91. The van der Waals surface area contributed by atoms with Gasteiger partial charge in [-0.1, -0.05) is 72.4 Å². The first-order valence-corrected chi connectivity index (χ1v) is 10.1. The van der Waals surface area contributed by atoms with Gasteiger partial charge >= 0.3 is 0 Å².